The SMILES string of the molecule is O=C(Nc1ccc2c(c1)CCC2)c1c[nH]c2ncc(-c3cccc(F)c3)cc12. The van der Waals surface area contributed by atoms with E-state index < -0.39 is 0 Å². The van der Waals surface area contributed by atoms with Crippen LogP contribution in [0.25, 0.3) is 22.2 Å². The summed E-state index contributed by atoms with van der Waals surface area (Å²) in [5, 5.41) is 3.70. The zero-order valence-electron chi connectivity index (χ0n) is 15.1. The second-order valence-corrected chi connectivity index (χ2v) is 7.12. The van der Waals surface area contributed by atoms with Crippen LogP contribution in [0.2, 0.25) is 0 Å². The summed E-state index contributed by atoms with van der Waals surface area (Å²) in [5.41, 5.74) is 6.11. The minimum Gasteiger partial charge on any atom is -0.345 e. The third kappa shape index (κ3) is 2.95. The second kappa shape index (κ2) is 6.60. The average Bonchev–Trinajstić information content (AvgIpc) is 3.33. The lowest BCUT2D eigenvalue weighted by atomic mass is 10.1. The molecule has 0 radical (unpaired) electrons. The molecule has 0 saturated heterocycles. The van der Waals surface area contributed by atoms with E-state index in [1.54, 1.807) is 18.5 Å². The number of fused-ring (bicyclic) bond motifs is 2. The van der Waals surface area contributed by atoms with Gasteiger partial charge in [-0.05, 0) is 66.3 Å². The van der Waals surface area contributed by atoms with Crippen molar-refractivity contribution in [2.75, 3.05) is 5.32 Å². The largest absolute Gasteiger partial charge is 0.345 e. The molecule has 2 aromatic carbocycles. The predicted molar refractivity (Wildman–Crippen MR) is 108 cm³/mol. The van der Waals surface area contributed by atoms with Crippen molar-refractivity contribution in [2.24, 2.45) is 0 Å². The fourth-order valence-corrected chi connectivity index (χ4v) is 3.87. The summed E-state index contributed by atoms with van der Waals surface area (Å²) in [4.78, 5) is 20.3. The number of halogens is 1. The van der Waals surface area contributed by atoms with Gasteiger partial charge in [-0.2, -0.15) is 0 Å². The topological polar surface area (TPSA) is 57.8 Å². The quantitative estimate of drug-likeness (QED) is 0.526. The van der Waals surface area contributed by atoms with Crippen molar-refractivity contribution in [1.82, 2.24) is 9.97 Å². The van der Waals surface area contributed by atoms with E-state index in [1.165, 1.54) is 29.7 Å². The summed E-state index contributed by atoms with van der Waals surface area (Å²) in [7, 11) is 0. The number of carbonyl (C=O) groups excluding carboxylic acids is 1. The van der Waals surface area contributed by atoms with Gasteiger partial charge in [0, 0.05) is 29.0 Å². The van der Waals surface area contributed by atoms with Gasteiger partial charge in [0.25, 0.3) is 5.91 Å². The first kappa shape index (κ1) is 16.7. The number of nitrogens with one attached hydrogen (secondary N) is 2. The maximum atomic E-state index is 13.6. The Balaban J connectivity index is 1.48. The molecule has 0 bridgehead atoms. The molecule has 0 aliphatic heterocycles. The van der Waals surface area contributed by atoms with Crippen LogP contribution in [0.5, 0.6) is 0 Å². The zero-order chi connectivity index (χ0) is 19.1. The molecule has 4 aromatic rings. The fraction of sp³-hybridized carbons (Fsp3) is 0.130. The maximum absolute atomic E-state index is 13.6. The molecule has 0 atom stereocenters. The third-order valence-corrected chi connectivity index (χ3v) is 5.29. The van der Waals surface area contributed by atoms with Gasteiger partial charge in [-0.15, -0.1) is 0 Å². The van der Waals surface area contributed by atoms with E-state index in [4.69, 9.17) is 0 Å². The molecule has 1 aliphatic rings. The number of pyridine rings is 1. The first-order chi connectivity index (χ1) is 13.7. The molecule has 2 N–H and O–H groups in total. The van der Waals surface area contributed by atoms with Crippen molar-refractivity contribution < 1.29 is 9.18 Å². The normalized spacial score (nSPS) is 12.9. The van der Waals surface area contributed by atoms with Gasteiger partial charge in [0.15, 0.2) is 0 Å². The molecule has 0 fully saturated rings. The Labute approximate surface area is 161 Å². The van der Waals surface area contributed by atoms with E-state index in [9.17, 15) is 9.18 Å². The van der Waals surface area contributed by atoms with Gasteiger partial charge in [-0.25, -0.2) is 9.37 Å². The second-order valence-electron chi connectivity index (χ2n) is 7.12. The molecule has 4 nitrogen and oxygen atoms in total. The Morgan fingerprint density at radius 3 is 2.82 bits per heavy atom. The number of hydrogen-bond donors (Lipinski definition) is 2. The van der Waals surface area contributed by atoms with Crippen LogP contribution in [0.1, 0.15) is 27.9 Å². The van der Waals surface area contributed by atoms with Crippen LogP contribution in [0.4, 0.5) is 10.1 Å². The van der Waals surface area contributed by atoms with Crippen molar-refractivity contribution >= 4 is 22.6 Å². The molecule has 1 aliphatic carbocycles. The van der Waals surface area contributed by atoms with E-state index in [1.807, 2.05) is 18.2 Å². The van der Waals surface area contributed by atoms with Crippen LogP contribution in [0, 0.1) is 5.82 Å². The van der Waals surface area contributed by atoms with Gasteiger partial charge < -0.3 is 10.3 Å². The number of anilines is 1. The summed E-state index contributed by atoms with van der Waals surface area (Å²) in [6.07, 6.45) is 6.68. The van der Waals surface area contributed by atoms with Gasteiger partial charge in [-0.3, -0.25) is 4.79 Å². The van der Waals surface area contributed by atoms with Crippen LogP contribution in [0.15, 0.2) is 60.9 Å². The number of amides is 1. The molecule has 2 heterocycles. The molecular formula is C23H18FN3O. The minimum atomic E-state index is -0.304. The van der Waals surface area contributed by atoms with E-state index in [0.717, 1.165) is 29.7 Å². The number of benzene rings is 2. The molecule has 5 rings (SSSR count). The first-order valence-electron chi connectivity index (χ1n) is 9.33. The number of hydrogen-bond acceptors (Lipinski definition) is 2. The lowest BCUT2D eigenvalue weighted by molar-refractivity contribution is 0.102. The number of aromatic nitrogens is 2. The summed E-state index contributed by atoms with van der Waals surface area (Å²) in [6.45, 7) is 0. The number of aryl methyl sites for hydroxylation is 2. The van der Waals surface area contributed by atoms with Gasteiger partial charge >= 0.3 is 0 Å². The van der Waals surface area contributed by atoms with Crippen molar-refractivity contribution in [2.45, 2.75) is 19.3 Å². The summed E-state index contributed by atoms with van der Waals surface area (Å²) in [6, 6.07) is 14.3. The molecular weight excluding hydrogens is 353 g/mol. The van der Waals surface area contributed by atoms with Crippen LogP contribution < -0.4 is 5.32 Å². The van der Waals surface area contributed by atoms with Gasteiger partial charge in [0.2, 0.25) is 0 Å². The van der Waals surface area contributed by atoms with Crippen molar-refractivity contribution in [3.8, 4) is 11.1 Å². The highest BCUT2D eigenvalue weighted by molar-refractivity contribution is 6.12. The highest BCUT2D eigenvalue weighted by Crippen LogP contribution is 2.27. The van der Waals surface area contributed by atoms with Crippen molar-refractivity contribution in [3.63, 3.8) is 0 Å². The molecule has 0 spiro atoms. The van der Waals surface area contributed by atoms with Crippen LogP contribution in [0.3, 0.4) is 0 Å². The number of H-pyrrole nitrogens is 1. The standard InChI is InChI=1S/C23H18FN3O/c24-18-6-2-5-15(9-18)17-11-20-21(13-26-22(20)25-12-17)23(28)27-19-8-7-14-3-1-4-16(14)10-19/h2,5-13H,1,3-4H2,(H,25,26)(H,27,28). The van der Waals surface area contributed by atoms with Crippen molar-refractivity contribution in [3.05, 3.63) is 83.4 Å². The Morgan fingerprint density at radius 2 is 1.93 bits per heavy atom. The highest BCUT2D eigenvalue weighted by atomic mass is 19.1. The molecule has 1 amide bonds. The van der Waals surface area contributed by atoms with Crippen molar-refractivity contribution in [1.29, 1.82) is 0 Å². The summed E-state index contributed by atoms with van der Waals surface area (Å²) >= 11 is 0. The molecule has 5 heteroatoms. The Morgan fingerprint density at radius 1 is 1.04 bits per heavy atom. The predicted octanol–water partition coefficient (Wildman–Crippen LogP) is 5.11. The zero-order valence-corrected chi connectivity index (χ0v) is 15.1. The Kier molecular flexibility index (Phi) is 3.93. The summed E-state index contributed by atoms with van der Waals surface area (Å²) < 4.78 is 13.6. The van der Waals surface area contributed by atoms with Gasteiger partial charge in [0.1, 0.15) is 11.5 Å². The maximum Gasteiger partial charge on any atom is 0.257 e. The summed E-state index contributed by atoms with van der Waals surface area (Å²) in [5.74, 6) is -0.497. The fourth-order valence-electron chi connectivity index (χ4n) is 3.87. The Hall–Kier alpha value is -3.47. The van der Waals surface area contributed by atoms with E-state index >= 15 is 0 Å². The third-order valence-electron chi connectivity index (χ3n) is 5.29. The smallest absolute Gasteiger partial charge is 0.257 e. The molecule has 0 unspecified atom stereocenters. The van der Waals surface area contributed by atoms with Crippen LogP contribution in [-0.2, 0) is 12.8 Å². The number of rotatable bonds is 3. The molecule has 2 aromatic heterocycles. The minimum absolute atomic E-state index is 0.192. The molecule has 0 saturated carbocycles. The lowest BCUT2D eigenvalue weighted by Gasteiger charge is -2.07. The number of nitrogens with zero attached hydrogens (tertiary/aromatic N) is 1. The number of aromatic amines is 1. The van der Waals surface area contributed by atoms with Gasteiger partial charge in [-0.1, -0.05) is 18.2 Å². The average molecular weight is 371 g/mol. The Bertz CT molecular complexity index is 1210. The highest BCUT2D eigenvalue weighted by Gasteiger charge is 2.16. The first-order valence-corrected chi connectivity index (χ1v) is 9.33. The monoisotopic (exact) mass is 371 g/mol. The van der Waals surface area contributed by atoms with E-state index in [2.05, 4.69) is 27.4 Å². The van der Waals surface area contributed by atoms with Crippen LogP contribution in [-0.4, -0.2) is 15.9 Å². The molecule has 28 heavy (non-hydrogen) atoms. The lowest BCUT2D eigenvalue weighted by Crippen LogP contribution is -2.11. The van der Waals surface area contributed by atoms with E-state index in [0.29, 0.717) is 16.6 Å². The molecule has 138 valence electrons. The van der Waals surface area contributed by atoms with E-state index in [-0.39, 0.29) is 11.7 Å². The number of carbonyl (C=O) groups is 1. The van der Waals surface area contributed by atoms with Crippen LogP contribution >= 0.6 is 0 Å². The van der Waals surface area contributed by atoms with Gasteiger partial charge in [0.05, 0.1) is 5.56 Å².